The summed E-state index contributed by atoms with van der Waals surface area (Å²) in [6.45, 7) is 1.73. The van der Waals surface area contributed by atoms with Gasteiger partial charge in [0.05, 0.1) is 22.4 Å². The lowest BCUT2D eigenvalue weighted by Gasteiger charge is -2.19. The number of anilines is 2. The molecule has 1 aromatic heterocycles. The van der Waals surface area contributed by atoms with Crippen LogP contribution < -0.4 is 9.62 Å². The molecule has 1 aliphatic heterocycles. The van der Waals surface area contributed by atoms with Gasteiger partial charge in [0.15, 0.2) is 0 Å². The minimum absolute atomic E-state index is 0.00197. The van der Waals surface area contributed by atoms with E-state index in [1.54, 1.807) is 13.0 Å². The van der Waals surface area contributed by atoms with Crippen molar-refractivity contribution in [3.8, 4) is 0 Å². The predicted molar refractivity (Wildman–Crippen MR) is 102 cm³/mol. The molecule has 2 atom stereocenters. The third-order valence-electron chi connectivity index (χ3n) is 5.27. The molecule has 0 unspecified atom stereocenters. The van der Waals surface area contributed by atoms with E-state index in [-0.39, 0.29) is 34.5 Å². The maximum Gasteiger partial charge on any atom is 0.264 e. The standard InChI is InChI=1S/C19H20N4O4S/c1-12-10-11-20-19(21-12)22-28(26,27)14-8-6-13(7-9-14)23-17(24)15-4-2-3-5-16(15)18(23)25/h6-11,15-16H,2-5H2,1H3,(H,20,21,22)/t15-,16-/m0/s1. The number of rotatable bonds is 4. The summed E-state index contributed by atoms with van der Waals surface area (Å²) in [6.07, 6.45) is 4.85. The first-order chi connectivity index (χ1) is 13.4. The molecule has 2 heterocycles. The highest BCUT2D eigenvalue weighted by atomic mass is 32.2. The van der Waals surface area contributed by atoms with Gasteiger partial charge in [-0.1, -0.05) is 12.8 Å². The third-order valence-corrected chi connectivity index (χ3v) is 6.61. The summed E-state index contributed by atoms with van der Waals surface area (Å²) in [6, 6.07) is 7.37. The van der Waals surface area contributed by atoms with Gasteiger partial charge in [0, 0.05) is 11.9 Å². The van der Waals surface area contributed by atoms with E-state index >= 15 is 0 Å². The Morgan fingerprint density at radius 1 is 1.00 bits per heavy atom. The number of amides is 2. The van der Waals surface area contributed by atoms with Gasteiger partial charge >= 0.3 is 0 Å². The van der Waals surface area contributed by atoms with Gasteiger partial charge in [-0.3, -0.25) is 14.5 Å². The Balaban J connectivity index is 1.57. The first-order valence-corrected chi connectivity index (χ1v) is 10.7. The molecule has 2 amide bonds. The molecule has 2 aliphatic rings. The number of nitrogens with zero attached hydrogens (tertiary/aromatic N) is 3. The fourth-order valence-electron chi connectivity index (χ4n) is 3.87. The van der Waals surface area contributed by atoms with E-state index in [4.69, 9.17) is 0 Å². The Morgan fingerprint density at radius 3 is 2.18 bits per heavy atom. The SMILES string of the molecule is Cc1ccnc(NS(=O)(=O)c2ccc(N3C(=O)[C@H]4CCCC[C@@H]4C3=O)cc2)n1. The highest BCUT2D eigenvalue weighted by Gasteiger charge is 2.48. The zero-order valence-corrected chi connectivity index (χ0v) is 16.1. The number of hydrogen-bond donors (Lipinski definition) is 1. The maximum absolute atomic E-state index is 12.7. The van der Waals surface area contributed by atoms with Crippen molar-refractivity contribution in [3.05, 3.63) is 42.2 Å². The fraction of sp³-hybridized carbons (Fsp3) is 0.368. The van der Waals surface area contributed by atoms with Gasteiger partial charge in [-0.25, -0.2) is 23.1 Å². The molecule has 0 radical (unpaired) electrons. The van der Waals surface area contributed by atoms with Gasteiger partial charge < -0.3 is 0 Å². The lowest BCUT2D eigenvalue weighted by atomic mass is 9.81. The van der Waals surface area contributed by atoms with Gasteiger partial charge in [-0.15, -0.1) is 0 Å². The Kier molecular flexibility index (Phi) is 4.62. The van der Waals surface area contributed by atoms with E-state index in [1.165, 1.54) is 35.4 Å². The first kappa shape index (κ1) is 18.5. The summed E-state index contributed by atoms with van der Waals surface area (Å²) in [5, 5.41) is 0. The van der Waals surface area contributed by atoms with Crippen LogP contribution in [0.5, 0.6) is 0 Å². The molecule has 1 aliphatic carbocycles. The van der Waals surface area contributed by atoms with Crippen molar-refractivity contribution in [1.82, 2.24) is 9.97 Å². The number of carbonyl (C=O) groups is 2. The van der Waals surface area contributed by atoms with Crippen molar-refractivity contribution in [2.24, 2.45) is 11.8 Å². The summed E-state index contributed by atoms with van der Waals surface area (Å²) in [7, 11) is -3.88. The molecule has 4 rings (SSSR count). The number of aryl methyl sites for hydroxylation is 1. The van der Waals surface area contributed by atoms with Crippen LogP contribution in [0.25, 0.3) is 0 Å². The molecule has 0 spiro atoms. The number of benzene rings is 1. The second-order valence-corrected chi connectivity index (χ2v) is 8.81. The lowest BCUT2D eigenvalue weighted by Crippen LogP contribution is -2.30. The first-order valence-electron chi connectivity index (χ1n) is 9.17. The molecule has 1 aromatic carbocycles. The average molecular weight is 400 g/mol. The van der Waals surface area contributed by atoms with Crippen molar-refractivity contribution in [3.63, 3.8) is 0 Å². The van der Waals surface area contributed by atoms with E-state index in [0.717, 1.165) is 25.7 Å². The van der Waals surface area contributed by atoms with Crippen LogP contribution in [0.15, 0.2) is 41.4 Å². The van der Waals surface area contributed by atoms with Crippen molar-refractivity contribution < 1.29 is 18.0 Å². The molecule has 1 saturated heterocycles. The van der Waals surface area contributed by atoms with Crippen molar-refractivity contribution in [1.29, 1.82) is 0 Å². The van der Waals surface area contributed by atoms with Crippen LogP contribution in [0.2, 0.25) is 0 Å². The Bertz CT molecular complexity index is 1010. The zero-order valence-electron chi connectivity index (χ0n) is 15.3. The van der Waals surface area contributed by atoms with Crippen LogP contribution in [-0.4, -0.2) is 30.2 Å². The van der Waals surface area contributed by atoms with E-state index in [9.17, 15) is 18.0 Å². The Morgan fingerprint density at radius 2 is 1.61 bits per heavy atom. The number of imide groups is 1. The van der Waals surface area contributed by atoms with Crippen LogP contribution >= 0.6 is 0 Å². The van der Waals surface area contributed by atoms with Crippen LogP contribution in [0.3, 0.4) is 0 Å². The lowest BCUT2D eigenvalue weighted by molar-refractivity contribution is -0.122. The van der Waals surface area contributed by atoms with Gasteiger partial charge in [0.1, 0.15) is 0 Å². The number of sulfonamides is 1. The quantitative estimate of drug-likeness (QED) is 0.789. The summed E-state index contributed by atoms with van der Waals surface area (Å²) < 4.78 is 27.4. The molecular formula is C19H20N4O4S. The smallest absolute Gasteiger partial charge is 0.264 e. The summed E-state index contributed by atoms with van der Waals surface area (Å²) in [5.74, 6) is -0.874. The second-order valence-electron chi connectivity index (χ2n) is 7.13. The molecule has 2 aromatic rings. The van der Waals surface area contributed by atoms with Crippen LogP contribution in [-0.2, 0) is 19.6 Å². The molecule has 8 nitrogen and oxygen atoms in total. The topological polar surface area (TPSA) is 109 Å². The summed E-state index contributed by atoms with van der Waals surface area (Å²) in [5.41, 5.74) is 1.03. The minimum atomic E-state index is -3.88. The fourth-order valence-corrected chi connectivity index (χ4v) is 4.82. The highest BCUT2D eigenvalue weighted by Crippen LogP contribution is 2.40. The average Bonchev–Trinajstić information content (AvgIpc) is 2.93. The Labute approximate surface area is 163 Å². The number of nitrogens with one attached hydrogen (secondary N) is 1. The zero-order chi connectivity index (χ0) is 19.9. The molecular weight excluding hydrogens is 380 g/mol. The molecule has 146 valence electrons. The van der Waals surface area contributed by atoms with Gasteiger partial charge in [-0.05, 0) is 50.1 Å². The number of carbonyl (C=O) groups excluding carboxylic acids is 2. The van der Waals surface area contributed by atoms with Crippen LogP contribution in [0.4, 0.5) is 11.6 Å². The molecule has 1 N–H and O–H groups in total. The molecule has 9 heteroatoms. The summed E-state index contributed by atoms with van der Waals surface area (Å²) in [4.78, 5) is 34.4. The van der Waals surface area contributed by atoms with Gasteiger partial charge in [0.25, 0.3) is 10.0 Å². The molecule has 1 saturated carbocycles. The monoisotopic (exact) mass is 400 g/mol. The van der Waals surface area contributed by atoms with Crippen molar-refractivity contribution in [2.75, 3.05) is 9.62 Å². The van der Waals surface area contributed by atoms with E-state index in [2.05, 4.69) is 14.7 Å². The highest BCUT2D eigenvalue weighted by molar-refractivity contribution is 7.92. The van der Waals surface area contributed by atoms with Gasteiger partial charge in [-0.2, -0.15) is 0 Å². The number of fused-ring (bicyclic) bond motifs is 1. The second kappa shape index (κ2) is 6.97. The van der Waals surface area contributed by atoms with Crippen molar-refractivity contribution >= 4 is 33.5 Å². The predicted octanol–water partition coefficient (Wildman–Crippen LogP) is 2.27. The van der Waals surface area contributed by atoms with E-state index in [0.29, 0.717) is 11.4 Å². The minimum Gasteiger partial charge on any atom is -0.274 e. The summed E-state index contributed by atoms with van der Waals surface area (Å²) >= 11 is 0. The number of aromatic nitrogens is 2. The Hall–Kier alpha value is -2.81. The van der Waals surface area contributed by atoms with Crippen LogP contribution in [0.1, 0.15) is 31.4 Å². The molecule has 28 heavy (non-hydrogen) atoms. The van der Waals surface area contributed by atoms with E-state index < -0.39 is 10.0 Å². The normalized spacial score (nSPS) is 22.2. The largest absolute Gasteiger partial charge is 0.274 e. The number of hydrogen-bond acceptors (Lipinski definition) is 6. The van der Waals surface area contributed by atoms with Crippen molar-refractivity contribution in [2.45, 2.75) is 37.5 Å². The molecule has 2 fully saturated rings. The maximum atomic E-state index is 12.7. The molecule has 0 bridgehead atoms. The van der Waals surface area contributed by atoms with Gasteiger partial charge in [0.2, 0.25) is 17.8 Å². The van der Waals surface area contributed by atoms with Crippen LogP contribution in [0, 0.1) is 18.8 Å². The van der Waals surface area contributed by atoms with E-state index in [1.807, 2.05) is 0 Å². The third kappa shape index (κ3) is 3.26.